The molecule has 0 saturated heterocycles. The number of amides is 2. The first-order valence-corrected chi connectivity index (χ1v) is 10.6. The van der Waals surface area contributed by atoms with Crippen LogP contribution in [0.5, 0.6) is 0 Å². The standard InChI is InChI=1S/C22H38N4O5/c1-8-25(13-12-24(6)7)19(27)16-26(21(29)31-22(3,4)5)15-18-14-17(10-11-23-18)20(28)30-9-2/h10-11,14,20,28H,8-9,12-13,15-16H2,1-7H3. The van der Waals surface area contributed by atoms with Crippen molar-refractivity contribution in [2.24, 2.45) is 0 Å². The summed E-state index contributed by atoms with van der Waals surface area (Å²) in [4.78, 5) is 35.0. The van der Waals surface area contributed by atoms with Gasteiger partial charge in [-0.3, -0.25) is 14.7 Å². The van der Waals surface area contributed by atoms with Gasteiger partial charge in [-0.1, -0.05) is 0 Å². The zero-order valence-electron chi connectivity index (χ0n) is 19.9. The molecule has 9 heteroatoms. The van der Waals surface area contributed by atoms with Crippen LogP contribution in [0.1, 0.15) is 52.2 Å². The molecule has 1 aromatic rings. The van der Waals surface area contributed by atoms with Gasteiger partial charge in [0.1, 0.15) is 12.1 Å². The Morgan fingerprint density at radius 2 is 1.84 bits per heavy atom. The van der Waals surface area contributed by atoms with E-state index in [1.54, 1.807) is 44.7 Å². The van der Waals surface area contributed by atoms with Gasteiger partial charge in [-0.15, -0.1) is 0 Å². The Hall–Kier alpha value is -2.23. The highest BCUT2D eigenvalue weighted by Gasteiger charge is 2.26. The minimum absolute atomic E-state index is 0.0680. The second-order valence-electron chi connectivity index (χ2n) is 8.50. The van der Waals surface area contributed by atoms with Gasteiger partial charge in [0.25, 0.3) is 0 Å². The molecule has 1 unspecified atom stereocenters. The first-order chi connectivity index (χ1) is 14.5. The van der Waals surface area contributed by atoms with Crippen molar-refractivity contribution in [3.05, 3.63) is 29.6 Å². The highest BCUT2D eigenvalue weighted by atomic mass is 16.6. The summed E-state index contributed by atoms with van der Waals surface area (Å²) in [5.74, 6) is -0.166. The zero-order valence-corrected chi connectivity index (χ0v) is 19.9. The monoisotopic (exact) mass is 438 g/mol. The van der Waals surface area contributed by atoms with Crippen molar-refractivity contribution < 1.29 is 24.2 Å². The first kappa shape index (κ1) is 26.8. The Morgan fingerprint density at radius 1 is 1.16 bits per heavy atom. The highest BCUT2D eigenvalue weighted by Crippen LogP contribution is 2.17. The third-order valence-electron chi connectivity index (χ3n) is 4.33. The van der Waals surface area contributed by atoms with Crippen LogP contribution in [0.2, 0.25) is 0 Å². The van der Waals surface area contributed by atoms with Gasteiger partial charge in [0.05, 0.1) is 12.2 Å². The molecule has 31 heavy (non-hydrogen) atoms. The SMILES string of the molecule is CCOC(O)c1ccnc(CN(CC(=O)N(CC)CCN(C)C)C(=O)OC(C)(C)C)c1. The van der Waals surface area contributed by atoms with E-state index in [4.69, 9.17) is 9.47 Å². The Kier molecular flexibility index (Phi) is 10.9. The van der Waals surface area contributed by atoms with Gasteiger partial charge in [0, 0.05) is 38.0 Å². The van der Waals surface area contributed by atoms with Crippen LogP contribution in [0, 0.1) is 0 Å². The van der Waals surface area contributed by atoms with Crippen LogP contribution in [0.15, 0.2) is 18.3 Å². The fourth-order valence-electron chi connectivity index (χ4n) is 2.74. The quantitative estimate of drug-likeness (QED) is 0.530. The third kappa shape index (κ3) is 10.1. The number of aliphatic hydroxyl groups excluding tert-OH is 1. The molecule has 0 spiro atoms. The fourth-order valence-corrected chi connectivity index (χ4v) is 2.74. The van der Waals surface area contributed by atoms with Gasteiger partial charge < -0.3 is 24.4 Å². The summed E-state index contributed by atoms with van der Waals surface area (Å²) in [6.07, 6.45) is -0.135. The summed E-state index contributed by atoms with van der Waals surface area (Å²) >= 11 is 0. The molecule has 1 heterocycles. The van der Waals surface area contributed by atoms with Crippen molar-refractivity contribution >= 4 is 12.0 Å². The molecule has 0 fully saturated rings. The van der Waals surface area contributed by atoms with Crippen LogP contribution in [0.25, 0.3) is 0 Å². The van der Waals surface area contributed by atoms with E-state index in [0.717, 1.165) is 6.54 Å². The van der Waals surface area contributed by atoms with Crippen LogP contribution in [0.4, 0.5) is 4.79 Å². The van der Waals surface area contributed by atoms with Gasteiger partial charge in [-0.2, -0.15) is 0 Å². The molecule has 0 aliphatic heterocycles. The summed E-state index contributed by atoms with van der Waals surface area (Å²) in [5.41, 5.74) is 0.350. The molecular formula is C22H38N4O5. The van der Waals surface area contributed by atoms with Crippen LogP contribution in [-0.4, -0.2) is 89.3 Å². The molecule has 0 radical (unpaired) electrons. The Morgan fingerprint density at radius 3 is 2.39 bits per heavy atom. The van der Waals surface area contributed by atoms with Gasteiger partial charge in [0.15, 0.2) is 6.29 Å². The number of carbonyl (C=O) groups excluding carboxylic acids is 2. The van der Waals surface area contributed by atoms with E-state index in [9.17, 15) is 14.7 Å². The molecule has 1 N–H and O–H groups in total. The lowest BCUT2D eigenvalue weighted by molar-refractivity contribution is -0.132. The van der Waals surface area contributed by atoms with Crippen molar-refractivity contribution in [2.75, 3.05) is 46.9 Å². The summed E-state index contributed by atoms with van der Waals surface area (Å²) in [6.45, 7) is 11.2. The summed E-state index contributed by atoms with van der Waals surface area (Å²) in [5, 5.41) is 10.1. The largest absolute Gasteiger partial charge is 0.444 e. The lowest BCUT2D eigenvalue weighted by atomic mass is 10.2. The Bertz CT molecular complexity index is 705. The predicted molar refractivity (Wildman–Crippen MR) is 118 cm³/mol. The van der Waals surface area contributed by atoms with Crippen molar-refractivity contribution in [3.8, 4) is 0 Å². The van der Waals surface area contributed by atoms with E-state index in [0.29, 0.717) is 31.0 Å². The number of rotatable bonds is 11. The molecular weight excluding hydrogens is 400 g/mol. The van der Waals surface area contributed by atoms with Crippen LogP contribution < -0.4 is 0 Å². The maximum absolute atomic E-state index is 12.9. The van der Waals surface area contributed by atoms with E-state index >= 15 is 0 Å². The number of carbonyl (C=O) groups is 2. The molecule has 0 saturated carbocycles. The number of ether oxygens (including phenoxy) is 2. The van der Waals surface area contributed by atoms with Gasteiger partial charge in [-0.05, 0) is 60.8 Å². The van der Waals surface area contributed by atoms with E-state index in [1.807, 2.05) is 25.9 Å². The minimum Gasteiger partial charge on any atom is -0.444 e. The van der Waals surface area contributed by atoms with Crippen molar-refractivity contribution in [1.82, 2.24) is 19.7 Å². The van der Waals surface area contributed by atoms with Crippen LogP contribution >= 0.6 is 0 Å². The van der Waals surface area contributed by atoms with Crippen molar-refractivity contribution in [3.63, 3.8) is 0 Å². The summed E-state index contributed by atoms with van der Waals surface area (Å²) in [6, 6.07) is 3.30. The molecule has 9 nitrogen and oxygen atoms in total. The van der Waals surface area contributed by atoms with E-state index < -0.39 is 18.0 Å². The lowest BCUT2D eigenvalue weighted by Gasteiger charge is -2.29. The molecule has 1 rings (SSSR count). The number of aromatic nitrogens is 1. The molecule has 0 bridgehead atoms. The minimum atomic E-state index is -1.08. The molecule has 1 aromatic heterocycles. The smallest absolute Gasteiger partial charge is 0.411 e. The van der Waals surface area contributed by atoms with E-state index in [1.165, 1.54) is 11.1 Å². The topological polar surface area (TPSA) is 95.4 Å². The molecule has 176 valence electrons. The number of hydrogen-bond donors (Lipinski definition) is 1. The number of aliphatic hydroxyl groups is 1. The Labute approximate surface area is 185 Å². The molecule has 2 amide bonds. The van der Waals surface area contributed by atoms with Crippen molar-refractivity contribution in [1.29, 1.82) is 0 Å². The Balaban J connectivity index is 3.03. The highest BCUT2D eigenvalue weighted by molar-refractivity contribution is 5.82. The van der Waals surface area contributed by atoms with Crippen LogP contribution in [0.3, 0.4) is 0 Å². The third-order valence-corrected chi connectivity index (χ3v) is 4.33. The molecule has 1 atom stereocenters. The average Bonchev–Trinajstić information content (AvgIpc) is 2.66. The van der Waals surface area contributed by atoms with Crippen molar-refractivity contribution in [2.45, 2.75) is 53.1 Å². The number of pyridine rings is 1. The maximum Gasteiger partial charge on any atom is 0.411 e. The number of likely N-dealkylation sites (N-methyl/N-ethyl adjacent to an activating group) is 2. The maximum atomic E-state index is 12.9. The first-order valence-electron chi connectivity index (χ1n) is 10.6. The van der Waals surface area contributed by atoms with Crippen LogP contribution in [-0.2, 0) is 20.8 Å². The molecule has 0 aromatic carbocycles. The fraction of sp³-hybridized carbons (Fsp3) is 0.682. The average molecular weight is 439 g/mol. The second-order valence-corrected chi connectivity index (χ2v) is 8.50. The summed E-state index contributed by atoms with van der Waals surface area (Å²) in [7, 11) is 3.89. The molecule has 0 aliphatic rings. The number of nitrogens with zero attached hydrogens (tertiary/aromatic N) is 4. The van der Waals surface area contributed by atoms with E-state index in [2.05, 4.69) is 4.98 Å². The van der Waals surface area contributed by atoms with Gasteiger partial charge >= 0.3 is 6.09 Å². The second kappa shape index (κ2) is 12.6. The lowest BCUT2D eigenvalue weighted by Crippen LogP contribution is -2.46. The van der Waals surface area contributed by atoms with Gasteiger partial charge in [-0.25, -0.2) is 4.79 Å². The van der Waals surface area contributed by atoms with Gasteiger partial charge in [0.2, 0.25) is 5.91 Å². The number of hydrogen-bond acceptors (Lipinski definition) is 7. The normalized spacial score (nSPS) is 12.5. The molecule has 0 aliphatic carbocycles. The predicted octanol–water partition coefficient (Wildman–Crippen LogP) is 2.26. The van der Waals surface area contributed by atoms with E-state index in [-0.39, 0.29) is 19.0 Å². The summed E-state index contributed by atoms with van der Waals surface area (Å²) < 4.78 is 10.7. The zero-order chi connectivity index (χ0) is 23.6.